The second-order valence-electron chi connectivity index (χ2n) is 4.66. The number of ether oxygens (including phenoxy) is 2. The van der Waals surface area contributed by atoms with Crippen LogP contribution in [0.3, 0.4) is 0 Å². The Kier molecular flexibility index (Phi) is 3.87. The van der Waals surface area contributed by atoms with Gasteiger partial charge in [0, 0.05) is 17.0 Å². The van der Waals surface area contributed by atoms with E-state index in [4.69, 9.17) is 21.1 Å². The Balaban J connectivity index is 2.11. The molecule has 2 heterocycles. The molecule has 1 N–H and O–H groups in total. The molecule has 5 heteroatoms. The minimum absolute atomic E-state index is 0.0236. The normalized spacial score (nSPS) is 14.8. The van der Waals surface area contributed by atoms with Crippen LogP contribution in [0, 0.1) is 0 Å². The highest BCUT2D eigenvalue weighted by molar-refractivity contribution is 7.10. The predicted octanol–water partition coefficient (Wildman–Crippen LogP) is 3.65. The maximum atomic E-state index is 6.25. The van der Waals surface area contributed by atoms with Crippen LogP contribution in [-0.4, -0.2) is 20.8 Å². The molecule has 1 atom stereocenters. The molecule has 1 unspecified atom stereocenters. The molecule has 3 nitrogen and oxygen atoms in total. The zero-order chi connectivity index (χ0) is 14.1. The molecule has 0 radical (unpaired) electrons. The van der Waals surface area contributed by atoms with E-state index in [9.17, 15) is 0 Å². The number of nitrogens with one attached hydrogen (secondary N) is 1. The van der Waals surface area contributed by atoms with Gasteiger partial charge < -0.3 is 14.8 Å². The smallest absolute Gasteiger partial charge is 0.134 e. The number of fused-ring (bicyclic) bond motifs is 1. The number of hydrogen-bond acceptors (Lipinski definition) is 4. The largest absolute Gasteiger partial charge is 0.496 e. The zero-order valence-corrected chi connectivity index (χ0v) is 13.0. The lowest BCUT2D eigenvalue weighted by atomic mass is 10.0. The molecular weight excluding hydrogens is 294 g/mol. The molecule has 0 spiro atoms. The maximum absolute atomic E-state index is 6.25. The van der Waals surface area contributed by atoms with Gasteiger partial charge in [0.05, 0.1) is 24.6 Å². The number of methoxy groups -OCH3 is 1. The summed E-state index contributed by atoms with van der Waals surface area (Å²) >= 11 is 7.92. The second kappa shape index (κ2) is 5.64. The quantitative estimate of drug-likeness (QED) is 0.935. The molecule has 1 aliphatic heterocycles. The first-order chi connectivity index (χ1) is 9.74. The zero-order valence-electron chi connectivity index (χ0n) is 11.4. The first kappa shape index (κ1) is 13.7. The van der Waals surface area contributed by atoms with Crippen LogP contribution in [0.25, 0.3) is 0 Å². The van der Waals surface area contributed by atoms with Crippen molar-refractivity contribution in [3.8, 4) is 11.5 Å². The minimum Gasteiger partial charge on any atom is -0.496 e. The van der Waals surface area contributed by atoms with Gasteiger partial charge in [-0.15, -0.1) is 11.3 Å². The van der Waals surface area contributed by atoms with E-state index in [-0.39, 0.29) is 6.04 Å². The molecule has 1 aliphatic rings. The predicted molar refractivity (Wildman–Crippen MR) is 82.4 cm³/mol. The van der Waals surface area contributed by atoms with Crippen molar-refractivity contribution in [2.45, 2.75) is 12.5 Å². The molecule has 0 amide bonds. The molecule has 0 aliphatic carbocycles. The van der Waals surface area contributed by atoms with Gasteiger partial charge in [-0.3, -0.25) is 0 Å². The van der Waals surface area contributed by atoms with Gasteiger partial charge in [-0.2, -0.15) is 0 Å². The highest BCUT2D eigenvalue weighted by Crippen LogP contribution is 2.42. The summed E-state index contributed by atoms with van der Waals surface area (Å²) in [6.45, 7) is 0.723. The topological polar surface area (TPSA) is 30.5 Å². The van der Waals surface area contributed by atoms with Gasteiger partial charge in [0.2, 0.25) is 0 Å². The Bertz CT molecular complexity index is 626. The lowest BCUT2D eigenvalue weighted by Gasteiger charge is -2.19. The number of hydrogen-bond donors (Lipinski definition) is 1. The number of halogens is 1. The summed E-state index contributed by atoms with van der Waals surface area (Å²) in [5.41, 5.74) is 2.26. The summed E-state index contributed by atoms with van der Waals surface area (Å²) in [5, 5.41) is 6.13. The molecular formula is C15H16ClNO2S. The number of benzene rings is 1. The summed E-state index contributed by atoms with van der Waals surface area (Å²) in [5.74, 6) is 1.85. The first-order valence-electron chi connectivity index (χ1n) is 6.48. The van der Waals surface area contributed by atoms with Crippen molar-refractivity contribution < 1.29 is 9.47 Å². The highest BCUT2D eigenvalue weighted by atomic mass is 35.5. The Labute approximate surface area is 127 Å². The first-order valence-corrected chi connectivity index (χ1v) is 7.74. The van der Waals surface area contributed by atoms with Crippen LogP contribution in [0.1, 0.15) is 22.0 Å². The fraction of sp³-hybridized carbons (Fsp3) is 0.333. The number of rotatable bonds is 4. The van der Waals surface area contributed by atoms with Crippen molar-refractivity contribution in [1.29, 1.82) is 0 Å². The van der Waals surface area contributed by atoms with Gasteiger partial charge in [-0.05, 0) is 36.2 Å². The van der Waals surface area contributed by atoms with Crippen LogP contribution >= 0.6 is 22.9 Å². The van der Waals surface area contributed by atoms with E-state index in [1.165, 1.54) is 5.56 Å². The highest BCUT2D eigenvalue weighted by Gasteiger charge is 2.26. The van der Waals surface area contributed by atoms with Crippen molar-refractivity contribution in [2.75, 3.05) is 20.8 Å². The maximum Gasteiger partial charge on any atom is 0.134 e. The van der Waals surface area contributed by atoms with E-state index >= 15 is 0 Å². The summed E-state index contributed by atoms with van der Waals surface area (Å²) in [4.78, 5) is 1.13. The van der Waals surface area contributed by atoms with Gasteiger partial charge in [0.15, 0.2) is 0 Å². The van der Waals surface area contributed by atoms with Gasteiger partial charge in [-0.25, -0.2) is 0 Å². The molecule has 0 saturated carbocycles. The van der Waals surface area contributed by atoms with Crippen molar-refractivity contribution in [1.82, 2.24) is 5.32 Å². The van der Waals surface area contributed by atoms with Gasteiger partial charge in [0.25, 0.3) is 0 Å². The third-order valence-electron chi connectivity index (χ3n) is 3.52. The van der Waals surface area contributed by atoms with Crippen LogP contribution in [-0.2, 0) is 6.42 Å². The Hall–Kier alpha value is -1.23. The second-order valence-corrected chi connectivity index (χ2v) is 6.04. The van der Waals surface area contributed by atoms with Crippen molar-refractivity contribution in [2.24, 2.45) is 0 Å². The third kappa shape index (κ3) is 2.28. The van der Waals surface area contributed by atoms with E-state index in [1.807, 2.05) is 30.6 Å². The standard InChI is InChI=1S/C15H16ClNO2S/c1-17-13(15-12(18-2)4-6-20-15)11-8-10(16)7-9-3-5-19-14(9)11/h4,6-8,13,17H,3,5H2,1-2H3. The van der Waals surface area contributed by atoms with E-state index in [0.29, 0.717) is 0 Å². The van der Waals surface area contributed by atoms with Crippen LogP contribution in [0.2, 0.25) is 5.02 Å². The molecule has 3 rings (SSSR count). The van der Waals surface area contributed by atoms with E-state index < -0.39 is 0 Å². The molecule has 2 aromatic rings. The average Bonchev–Trinajstić information content (AvgIpc) is 3.07. The molecule has 0 fully saturated rings. The van der Waals surface area contributed by atoms with Crippen molar-refractivity contribution >= 4 is 22.9 Å². The van der Waals surface area contributed by atoms with Crippen LogP contribution in [0.4, 0.5) is 0 Å². The molecule has 1 aromatic heterocycles. The average molecular weight is 310 g/mol. The summed E-state index contributed by atoms with van der Waals surface area (Å²) < 4.78 is 11.2. The fourth-order valence-electron chi connectivity index (χ4n) is 2.63. The van der Waals surface area contributed by atoms with Gasteiger partial charge in [0.1, 0.15) is 11.5 Å². The Morgan fingerprint density at radius 1 is 1.45 bits per heavy atom. The van der Waals surface area contributed by atoms with Crippen molar-refractivity contribution in [3.05, 3.63) is 44.6 Å². The summed E-state index contributed by atoms with van der Waals surface area (Å²) in [6, 6.07) is 5.98. The Morgan fingerprint density at radius 3 is 3.05 bits per heavy atom. The summed E-state index contributed by atoms with van der Waals surface area (Å²) in [7, 11) is 3.63. The van der Waals surface area contributed by atoms with E-state index in [2.05, 4.69) is 5.32 Å². The minimum atomic E-state index is 0.0236. The van der Waals surface area contributed by atoms with Crippen LogP contribution in [0.15, 0.2) is 23.6 Å². The fourth-order valence-corrected chi connectivity index (χ4v) is 3.86. The number of thiophene rings is 1. The van der Waals surface area contributed by atoms with Crippen LogP contribution in [0.5, 0.6) is 11.5 Å². The molecule has 0 saturated heterocycles. The van der Waals surface area contributed by atoms with Crippen molar-refractivity contribution in [3.63, 3.8) is 0 Å². The SMILES string of the molecule is CNC(c1cc(Cl)cc2c1OCC2)c1sccc1OC. The third-order valence-corrected chi connectivity index (χ3v) is 4.70. The molecule has 20 heavy (non-hydrogen) atoms. The van der Waals surface area contributed by atoms with E-state index in [1.54, 1.807) is 18.4 Å². The van der Waals surface area contributed by atoms with Gasteiger partial charge in [-0.1, -0.05) is 11.6 Å². The monoisotopic (exact) mass is 309 g/mol. The molecule has 1 aromatic carbocycles. The molecule has 0 bridgehead atoms. The van der Waals surface area contributed by atoms with Gasteiger partial charge >= 0.3 is 0 Å². The van der Waals surface area contributed by atoms with Crippen LogP contribution < -0.4 is 14.8 Å². The Morgan fingerprint density at radius 2 is 2.30 bits per heavy atom. The van der Waals surface area contributed by atoms with E-state index in [0.717, 1.165) is 40.0 Å². The molecule has 106 valence electrons. The summed E-state index contributed by atoms with van der Waals surface area (Å²) in [6.07, 6.45) is 0.918. The lowest BCUT2D eigenvalue weighted by Crippen LogP contribution is -2.18. The lowest BCUT2D eigenvalue weighted by molar-refractivity contribution is 0.350.